The average molecular weight is 202 g/mol. The highest BCUT2D eigenvalue weighted by Gasteiger charge is 2.27. The summed E-state index contributed by atoms with van der Waals surface area (Å²) >= 11 is 0. The summed E-state index contributed by atoms with van der Waals surface area (Å²) in [4.78, 5) is 11.3. The van der Waals surface area contributed by atoms with Crippen LogP contribution in [0.5, 0.6) is 0 Å². The van der Waals surface area contributed by atoms with E-state index in [2.05, 4.69) is 26.0 Å². The first-order valence-electron chi connectivity index (χ1n) is 5.77. The third kappa shape index (κ3) is 1.71. The van der Waals surface area contributed by atoms with Gasteiger partial charge < -0.3 is 0 Å². The zero-order valence-corrected chi connectivity index (χ0v) is 9.71. The van der Waals surface area contributed by atoms with E-state index in [0.29, 0.717) is 5.92 Å². The molecule has 0 fully saturated rings. The summed E-state index contributed by atoms with van der Waals surface area (Å²) in [6, 6.07) is 6.20. The molecule has 1 aliphatic rings. The monoisotopic (exact) mass is 202 g/mol. The second-order valence-electron chi connectivity index (χ2n) is 4.63. The van der Waals surface area contributed by atoms with Crippen LogP contribution in [-0.4, -0.2) is 5.78 Å². The van der Waals surface area contributed by atoms with Crippen molar-refractivity contribution in [2.24, 2.45) is 5.92 Å². The standard InChI is InChI=1S/C14H18O/c1-4-11-7-13-8-12(10(3)15)5-6-14(13)9(11)2/h5-6,8-9,11H,4,7H2,1-3H3/t9-,11-/m0/s1. The predicted octanol–water partition coefficient (Wildman–Crippen LogP) is 3.58. The first-order chi connectivity index (χ1) is 7.13. The van der Waals surface area contributed by atoms with Gasteiger partial charge in [0.1, 0.15) is 0 Å². The molecule has 0 spiro atoms. The molecule has 2 rings (SSSR count). The Kier molecular flexibility index (Phi) is 2.64. The van der Waals surface area contributed by atoms with Gasteiger partial charge in [0.25, 0.3) is 0 Å². The van der Waals surface area contributed by atoms with Gasteiger partial charge in [0.2, 0.25) is 0 Å². The van der Waals surface area contributed by atoms with Gasteiger partial charge in [-0.2, -0.15) is 0 Å². The lowest BCUT2D eigenvalue weighted by molar-refractivity contribution is 0.101. The molecular formula is C14H18O. The molecule has 0 heterocycles. The second kappa shape index (κ2) is 3.80. The minimum atomic E-state index is 0.172. The van der Waals surface area contributed by atoms with Crippen molar-refractivity contribution in [3.63, 3.8) is 0 Å². The summed E-state index contributed by atoms with van der Waals surface area (Å²) in [5, 5.41) is 0. The van der Waals surface area contributed by atoms with E-state index in [0.717, 1.165) is 17.9 Å². The van der Waals surface area contributed by atoms with Gasteiger partial charge in [0.05, 0.1) is 0 Å². The molecule has 15 heavy (non-hydrogen) atoms. The summed E-state index contributed by atoms with van der Waals surface area (Å²) in [5.41, 5.74) is 3.70. The molecule has 0 N–H and O–H groups in total. The number of fused-ring (bicyclic) bond motifs is 1. The van der Waals surface area contributed by atoms with Gasteiger partial charge in [0.15, 0.2) is 5.78 Å². The Morgan fingerprint density at radius 1 is 1.47 bits per heavy atom. The van der Waals surface area contributed by atoms with E-state index in [1.807, 2.05) is 6.07 Å². The zero-order valence-electron chi connectivity index (χ0n) is 9.71. The maximum absolute atomic E-state index is 11.3. The quantitative estimate of drug-likeness (QED) is 0.670. The number of hydrogen-bond acceptors (Lipinski definition) is 1. The van der Waals surface area contributed by atoms with Crippen LogP contribution >= 0.6 is 0 Å². The third-order valence-electron chi connectivity index (χ3n) is 3.75. The SMILES string of the molecule is CC[C@H]1Cc2cc(C(C)=O)ccc2[C@H]1C. The number of ketones is 1. The number of hydrogen-bond donors (Lipinski definition) is 0. The molecule has 1 aromatic rings. The molecule has 0 saturated heterocycles. The van der Waals surface area contributed by atoms with E-state index in [1.54, 1.807) is 6.92 Å². The Hall–Kier alpha value is -1.11. The van der Waals surface area contributed by atoms with Crippen molar-refractivity contribution in [1.29, 1.82) is 0 Å². The lowest BCUT2D eigenvalue weighted by Gasteiger charge is -2.12. The highest BCUT2D eigenvalue weighted by Crippen LogP contribution is 2.39. The normalized spacial score (nSPS) is 23.9. The Morgan fingerprint density at radius 2 is 2.20 bits per heavy atom. The Balaban J connectivity index is 2.38. The smallest absolute Gasteiger partial charge is 0.159 e. The van der Waals surface area contributed by atoms with Gasteiger partial charge in [-0.3, -0.25) is 4.79 Å². The third-order valence-corrected chi connectivity index (χ3v) is 3.75. The fraction of sp³-hybridized carbons (Fsp3) is 0.500. The predicted molar refractivity (Wildman–Crippen MR) is 62.3 cm³/mol. The van der Waals surface area contributed by atoms with E-state index in [9.17, 15) is 4.79 Å². The van der Waals surface area contributed by atoms with Crippen molar-refractivity contribution >= 4 is 5.78 Å². The van der Waals surface area contributed by atoms with Crippen LogP contribution in [0.3, 0.4) is 0 Å². The number of benzene rings is 1. The van der Waals surface area contributed by atoms with Crippen LogP contribution in [0.2, 0.25) is 0 Å². The molecule has 2 atom stereocenters. The fourth-order valence-electron chi connectivity index (χ4n) is 2.66. The van der Waals surface area contributed by atoms with Crippen molar-refractivity contribution in [3.05, 3.63) is 34.9 Å². The second-order valence-corrected chi connectivity index (χ2v) is 4.63. The lowest BCUT2D eigenvalue weighted by Crippen LogP contribution is -2.01. The Bertz CT molecular complexity index is 392. The van der Waals surface area contributed by atoms with Crippen LogP contribution in [-0.2, 0) is 6.42 Å². The summed E-state index contributed by atoms with van der Waals surface area (Å²) < 4.78 is 0. The average Bonchev–Trinajstić information content (AvgIpc) is 2.55. The van der Waals surface area contributed by atoms with Crippen molar-refractivity contribution in [3.8, 4) is 0 Å². The fourth-order valence-corrected chi connectivity index (χ4v) is 2.66. The Labute approximate surface area is 91.5 Å². The molecule has 80 valence electrons. The highest BCUT2D eigenvalue weighted by atomic mass is 16.1. The van der Waals surface area contributed by atoms with Crippen LogP contribution < -0.4 is 0 Å². The van der Waals surface area contributed by atoms with Gasteiger partial charge in [-0.15, -0.1) is 0 Å². The largest absolute Gasteiger partial charge is 0.295 e. The van der Waals surface area contributed by atoms with E-state index >= 15 is 0 Å². The van der Waals surface area contributed by atoms with Gasteiger partial charge in [0, 0.05) is 5.56 Å². The molecule has 1 nitrogen and oxygen atoms in total. The molecule has 0 aromatic heterocycles. The first-order valence-corrected chi connectivity index (χ1v) is 5.77. The topological polar surface area (TPSA) is 17.1 Å². The first kappa shape index (κ1) is 10.4. The lowest BCUT2D eigenvalue weighted by atomic mass is 9.92. The zero-order chi connectivity index (χ0) is 11.0. The molecule has 0 saturated carbocycles. The van der Waals surface area contributed by atoms with Crippen LogP contribution in [0.25, 0.3) is 0 Å². The molecule has 1 aliphatic carbocycles. The summed E-state index contributed by atoms with van der Waals surface area (Å²) in [6.07, 6.45) is 2.37. The minimum Gasteiger partial charge on any atom is -0.295 e. The molecule has 0 radical (unpaired) electrons. The highest BCUT2D eigenvalue weighted by molar-refractivity contribution is 5.94. The van der Waals surface area contributed by atoms with Crippen molar-refractivity contribution in [1.82, 2.24) is 0 Å². The van der Waals surface area contributed by atoms with Crippen molar-refractivity contribution < 1.29 is 4.79 Å². The van der Waals surface area contributed by atoms with Crippen molar-refractivity contribution in [2.45, 2.75) is 39.5 Å². The molecule has 0 amide bonds. The van der Waals surface area contributed by atoms with Crippen LogP contribution in [0.1, 0.15) is 54.6 Å². The molecule has 0 bridgehead atoms. The van der Waals surface area contributed by atoms with Crippen molar-refractivity contribution in [2.75, 3.05) is 0 Å². The number of rotatable bonds is 2. The minimum absolute atomic E-state index is 0.172. The summed E-state index contributed by atoms with van der Waals surface area (Å²) in [7, 11) is 0. The van der Waals surface area contributed by atoms with Gasteiger partial charge >= 0.3 is 0 Å². The molecule has 0 unspecified atom stereocenters. The van der Waals surface area contributed by atoms with Gasteiger partial charge in [-0.05, 0) is 42.4 Å². The molecule has 1 heteroatoms. The summed E-state index contributed by atoms with van der Waals surface area (Å²) in [5.74, 6) is 1.60. The molecule has 1 aromatic carbocycles. The van der Waals surface area contributed by atoms with Crippen LogP contribution in [0, 0.1) is 5.92 Å². The van der Waals surface area contributed by atoms with Crippen LogP contribution in [0.15, 0.2) is 18.2 Å². The Morgan fingerprint density at radius 3 is 2.80 bits per heavy atom. The molecule has 0 aliphatic heterocycles. The summed E-state index contributed by atoms with van der Waals surface area (Å²) in [6.45, 7) is 6.18. The van der Waals surface area contributed by atoms with E-state index in [4.69, 9.17) is 0 Å². The maximum atomic E-state index is 11.3. The maximum Gasteiger partial charge on any atom is 0.159 e. The van der Waals surface area contributed by atoms with Gasteiger partial charge in [-0.1, -0.05) is 32.4 Å². The van der Waals surface area contributed by atoms with E-state index in [-0.39, 0.29) is 5.78 Å². The number of carbonyl (C=O) groups is 1. The number of Topliss-reactive ketones (excluding diaryl/α,β-unsaturated/α-hetero) is 1. The molecular weight excluding hydrogens is 184 g/mol. The van der Waals surface area contributed by atoms with E-state index in [1.165, 1.54) is 17.5 Å². The van der Waals surface area contributed by atoms with E-state index < -0.39 is 0 Å². The number of carbonyl (C=O) groups excluding carboxylic acids is 1. The van der Waals surface area contributed by atoms with Gasteiger partial charge in [-0.25, -0.2) is 0 Å². The van der Waals surface area contributed by atoms with Crippen LogP contribution in [0.4, 0.5) is 0 Å².